The van der Waals surface area contributed by atoms with E-state index in [4.69, 9.17) is 15.2 Å². The van der Waals surface area contributed by atoms with Gasteiger partial charge < -0.3 is 15.2 Å². The largest absolute Gasteiger partial charge is 0.497 e. The van der Waals surface area contributed by atoms with Crippen molar-refractivity contribution in [2.24, 2.45) is 5.73 Å². The van der Waals surface area contributed by atoms with Crippen molar-refractivity contribution in [3.8, 4) is 17.6 Å². The molecule has 9 nitrogen and oxygen atoms in total. The molecular weight excluding hydrogens is 520 g/mol. The molecular formula is C32H30N4O5. The van der Waals surface area contributed by atoms with Crippen LogP contribution in [0.2, 0.25) is 0 Å². The van der Waals surface area contributed by atoms with Gasteiger partial charge in [-0.05, 0) is 73.7 Å². The van der Waals surface area contributed by atoms with Crippen molar-refractivity contribution >= 4 is 17.2 Å². The highest BCUT2D eigenvalue weighted by atomic mass is 16.6. The molecule has 3 aromatic rings. The second-order valence-corrected chi connectivity index (χ2v) is 10.2. The van der Waals surface area contributed by atoms with Crippen molar-refractivity contribution in [3.05, 3.63) is 116 Å². The van der Waals surface area contributed by atoms with Crippen LogP contribution in [0, 0.1) is 35.3 Å². The number of para-hydroxylation sites is 2. The maximum atomic E-state index is 13.6. The number of hydrogen-bond acceptors (Lipinski definition) is 8. The Bertz CT molecular complexity index is 1650. The van der Waals surface area contributed by atoms with Crippen LogP contribution in [-0.4, -0.2) is 17.8 Å². The van der Waals surface area contributed by atoms with Gasteiger partial charge in [-0.15, -0.1) is 0 Å². The van der Waals surface area contributed by atoms with Gasteiger partial charge in [0.15, 0.2) is 5.78 Å². The second kappa shape index (κ2) is 11.2. The van der Waals surface area contributed by atoms with Crippen LogP contribution >= 0.6 is 0 Å². The summed E-state index contributed by atoms with van der Waals surface area (Å²) in [5.41, 5.74) is 11.6. The van der Waals surface area contributed by atoms with E-state index in [2.05, 4.69) is 6.07 Å². The van der Waals surface area contributed by atoms with Crippen molar-refractivity contribution in [2.45, 2.75) is 45.6 Å². The highest BCUT2D eigenvalue weighted by Gasteiger charge is 2.42. The van der Waals surface area contributed by atoms with Crippen LogP contribution in [0.5, 0.6) is 11.5 Å². The average Bonchev–Trinajstić information content (AvgIpc) is 2.97. The summed E-state index contributed by atoms with van der Waals surface area (Å²) < 4.78 is 11.3. The average molecular weight is 551 g/mol. The Morgan fingerprint density at radius 3 is 2.49 bits per heavy atom. The number of nitro groups is 1. The lowest BCUT2D eigenvalue weighted by atomic mass is 9.73. The molecule has 0 radical (unpaired) electrons. The molecule has 1 aliphatic heterocycles. The van der Waals surface area contributed by atoms with Gasteiger partial charge in [-0.3, -0.25) is 19.8 Å². The first kappa shape index (κ1) is 27.5. The first-order valence-electron chi connectivity index (χ1n) is 13.3. The number of rotatable bonds is 7. The minimum absolute atomic E-state index is 0.0861. The topological polar surface area (TPSA) is 132 Å². The van der Waals surface area contributed by atoms with Gasteiger partial charge in [-0.1, -0.05) is 29.8 Å². The number of ketones is 1. The SMILES string of the molecule is COc1ccc(OCc2cc(C)cc(C3C(C#N)=C(N)N(c4ccccc4[N+](=O)[O-])C4=C3C(=O)CCC4)c2C)cc1. The quantitative estimate of drug-likeness (QED) is 0.276. The second-order valence-electron chi connectivity index (χ2n) is 10.2. The molecule has 0 saturated heterocycles. The monoisotopic (exact) mass is 550 g/mol. The molecule has 0 spiro atoms. The number of ether oxygens (including phenoxy) is 2. The fraction of sp³-hybridized carbons (Fsp3) is 0.250. The number of carbonyl (C=O) groups excluding carboxylic acids is 1. The number of Topliss-reactive ketones (excluding diaryl/α,β-unsaturated/α-hetero) is 1. The third-order valence-electron chi connectivity index (χ3n) is 7.70. The molecule has 1 atom stereocenters. The van der Waals surface area contributed by atoms with Crippen LogP contribution in [0.3, 0.4) is 0 Å². The Morgan fingerprint density at radius 2 is 1.80 bits per heavy atom. The molecule has 0 bridgehead atoms. The molecule has 1 aliphatic carbocycles. The van der Waals surface area contributed by atoms with E-state index in [1.165, 1.54) is 6.07 Å². The van der Waals surface area contributed by atoms with Crippen molar-refractivity contribution < 1.29 is 19.2 Å². The van der Waals surface area contributed by atoms with E-state index >= 15 is 0 Å². The first-order chi connectivity index (χ1) is 19.7. The maximum Gasteiger partial charge on any atom is 0.293 e. The minimum atomic E-state index is -0.693. The van der Waals surface area contributed by atoms with Gasteiger partial charge in [0.25, 0.3) is 5.69 Å². The van der Waals surface area contributed by atoms with Gasteiger partial charge in [0, 0.05) is 23.8 Å². The Morgan fingerprint density at radius 1 is 1.10 bits per heavy atom. The zero-order valence-corrected chi connectivity index (χ0v) is 23.1. The number of benzene rings is 3. The van der Waals surface area contributed by atoms with Gasteiger partial charge in [0.05, 0.1) is 29.6 Å². The van der Waals surface area contributed by atoms with Gasteiger partial charge in [-0.25, -0.2) is 0 Å². The Kier molecular flexibility index (Phi) is 7.49. The molecule has 41 heavy (non-hydrogen) atoms. The molecule has 9 heteroatoms. The third kappa shape index (κ3) is 5.00. The Balaban J connectivity index is 1.63. The van der Waals surface area contributed by atoms with Crippen molar-refractivity contribution in [1.82, 2.24) is 0 Å². The van der Waals surface area contributed by atoms with E-state index in [1.807, 2.05) is 50.2 Å². The van der Waals surface area contributed by atoms with E-state index in [1.54, 1.807) is 30.2 Å². The number of hydrogen-bond donors (Lipinski definition) is 1. The minimum Gasteiger partial charge on any atom is -0.497 e. The molecule has 208 valence electrons. The number of methoxy groups -OCH3 is 1. The lowest BCUT2D eigenvalue weighted by Gasteiger charge is -2.39. The third-order valence-corrected chi connectivity index (χ3v) is 7.70. The molecule has 1 heterocycles. The van der Waals surface area contributed by atoms with Gasteiger partial charge in [0.2, 0.25) is 0 Å². The molecule has 2 N–H and O–H groups in total. The number of nitrogens with two attached hydrogens (primary N) is 1. The number of carbonyl (C=O) groups is 1. The summed E-state index contributed by atoms with van der Waals surface area (Å²) in [6, 6.07) is 19.8. The van der Waals surface area contributed by atoms with Crippen molar-refractivity contribution in [2.75, 3.05) is 12.0 Å². The van der Waals surface area contributed by atoms with Crippen LogP contribution in [0.1, 0.15) is 47.4 Å². The number of allylic oxidation sites excluding steroid dienone is 3. The summed E-state index contributed by atoms with van der Waals surface area (Å²) in [4.78, 5) is 26.6. The zero-order valence-electron chi connectivity index (χ0n) is 23.1. The van der Waals surface area contributed by atoms with Crippen LogP contribution in [0.4, 0.5) is 11.4 Å². The summed E-state index contributed by atoms with van der Waals surface area (Å²) in [7, 11) is 1.60. The number of aryl methyl sites for hydroxylation is 1. The lowest BCUT2D eigenvalue weighted by Crippen LogP contribution is -2.39. The molecule has 0 aromatic heterocycles. The lowest BCUT2D eigenvalue weighted by molar-refractivity contribution is -0.384. The van der Waals surface area contributed by atoms with E-state index in [9.17, 15) is 20.2 Å². The fourth-order valence-corrected chi connectivity index (χ4v) is 5.73. The van der Waals surface area contributed by atoms with Gasteiger partial charge >= 0.3 is 0 Å². The predicted octanol–water partition coefficient (Wildman–Crippen LogP) is 6.10. The van der Waals surface area contributed by atoms with E-state index < -0.39 is 10.8 Å². The van der Waals surface area contributed by atoms with Gasteiger partial charge in [0.1, 0.15) is 29.6 Å². The Hall–Kier alpha value is -5.10. The molecule has 3 aromatic carbocycles. The molecule has 0 fully saturated rings. The number of nitro benzene ring substituents is 1. The molecule has 0 saturated carbocycles. The van der Waals surface area contributed by atoms with Crippen molar-refractivity contribution in [1.29, 1.82) is 5.26 Å². The summed E-state index contributed by atoms with van der Waals surface area (Å²) >= 11 is 0. The first-order valence-corrected chi connectivity index (χ1v) is 13.3. The molecule has 2 aliphatic rings. The maximum absolute atomic E-state index is 13.6. The van der Waals surface area contributed by atoms with Crippen LogP contribution < -0.4 is 20.1 Å². The molecule has 0 amide bonds. The predicted molar refractivity (Wildman–Crippen MR) is 154 cm³/mol. The fourth-order valence-electron chi connectivity index (χ4n) is 5.73. The van der Waals surface area contributed by atoms with E-state index in [0.29, 0.717) is 36.3 Å². The summed E-state index contributed by atoms with van der Waals surface area (Å²) in [6.07, 6.45) is 1.42. The van der Waals surface area contributed by atoms with Gasteiger partial charge in [-0.2, -0.15) is 5.26 Å². The van der Waals surface area contributed by atoms with Crippen LogP contribution in [0.25, 0.3) is 0 Å². The van der Waals surface area contributed by atoms with Crippen LogP contribution in [-0.2, 0) is 11.4 Å². The zero-order chi connectivity index (χ0) is 29.3. The molecule has 1 unspecified atom stereocenters. The molecule has 5 rings (SSSR count). The summed E-state index contributed by atoms with van der Waals surface area (Å²) in [5, 5.41) is 22.3. The van der Waals surface area contributed by atoms with E-state index in [0.717, 1.165) is 28.0 Å². The normalized spacial score (nSPS) is 16.8. The highest BCUT2D eigenvalue weighted by molar-refractivity contribution is 6.01. The summed E-state index contributed by atoms with van der Waals surface area (Å²) in [5.74, 6) is 0.726. The smallest absolute Gasteiger partial charge is 0.293 e. The number of nitrogens with zero attached hydrogens (tertiary/aromatic N) is 3. The Labute approximate surface area is 238 Å². The van der Waals surface area contributed by atoms with Crippen molar-refractivity contribution in [3.63, 3.8) is 0 Å². The summed E-state index contributed by atoms with van der Waals surface area (Å²) in [6.45, 7) is 4.19. The standard InChI is InChI=1S/C32H30N4O5/c1-19-15-21(18-41-23-13-11-22(40-3)12-14-23)20(2)24(16-19)30-25(17-33)32(34)35(28-9-6-10-29(37)31(28)30)26-7-4-5-8-27(26)36(38)39/h4-5,7-8,11-16,30H,6,9-10,18,34H2,1-3H3. The number of nitriles is 1. The highest BCUT2D eigenvalue weighted by Crippen LogP contribution is 2.48. The van der Waals surface area contributed by atoms with E-state index in [-0.39, 0.29) is 35.2 Å². The van der Waals surface area contributed by atoms with Crippen LogP contribution in [0.15, 0.2) is 83.3 Å². The number of anilines is 1.